The smallest absolute Gasteiger partial charge is 0.270 e. The van der Waals surface area contributed by atoms with E-state index in [-0.39, 0.29) is 11.9 Å². The lowest BCUT2D eigenvalue weighted by Gasteiger charge is -1.95. The molecule has 2 aromatic rings. The van der Waals surface area contributed by atoms with Crippen molar-refractivity contribution in [2.24, 2.45) is 0 Å². The number of anilines is 1. The Balaban J connectivity index is 2.28. The third-order valence-corrected chi connectivity index (χ3v) is 1.98. The molecular formula is C11H11N3O2. The van der Waals surface area contributed by atoms with Crippen LogP contribution in [0.1, 0.15) is 12.5 Å². The van der Waals surface area contributed by atoms with Gasteiger partial charge in [0.05, 0.1) is 0 Å². The molecule has 0 aliphatic heterocycles. The largest absolute Gasteiger partial charge is 0.332 e. The molecule has 1 N–H and O–H groups in total. The lowest BCUT2D eigenvalue weighted by molar-refractivity contribution is -0.114. The molecule has 1 aromatic carbocycles. The van der Waals surface area contributed by atoms with Crippen molar-refractivity contribution in [1.29, 1.82) is 0 Å². The summed E-state index contributed by atoms with van der Waals surface area (Å²) in [6, 6.07) is 7.70. The molecule has 2 rings (SSSR count). The van der Waals surface area contributed by atoms with Crippen LogP contribution in [-0.4, -0.2) is 16.0 Å². The number of aryl methyl sites for hydroxylation is 1. The lowest BCUT2D eigenvalue weighted by atomic mass is 10.1. The molecule has 5 heteroatoms. The number of amides is 1. The van der Waals surface area contributed by atoms with Crippen molar-refractivity contribution >= 4 is 11.9 Å². The molecule has 0 spiro atoms. The SMILES string of the molecule is CC(=O)Nc1noc(-c2cccc(C)c2)n1. The number of hydrogen-bond donors (Lipinski definition) is 1. The number of rotatable bonds is 2. The minimum absolute atomic E-state index is 0.184. The maximum Gasteiger partial charge on any atom is 0.270 e. The number of nitrogens with zero attached hydrogens (tertiary/aromatic N) is 2. The van der Waals surface area contributed by atoms with E-state index in [1.54, 1.807) is 0 Å². The minimum atomic E-state index is -0.225. The topological polar surface area (TPSA) is 68.0 Å². The Hall–Kier alpha value is -2.17. The van der Waals surface area contributed by atoms with Gasteiger partial charge in [-0.25, -0.2) is 0 Å². The van der Waals surface area contributed by atoms with E-state index in [4.69, 9.17) is 4.52 Å². The molecule has 0 aliphatic carbocycles. The average Bonchev–Trinajstić information content (AvgIpc) is 2.65. The first kappa shape index (κ1) is 10.4. The van der Waals surface area contributed by atoms with Crippen LogP contribution < -0.4 is 5.32 Å². The van der Waals surface area contributed by atoms with E-state index in [1.165, 1.54) is 6.92 Å². The van der Waals surface area contributed by atoms with Gasteiger partial charge in [-0.2, -0.15) is 4.98 Å². The lowest BCUT2D eigenvalue weighted by Crippen LogP contribution is -2.06. The third kappa shape index (κ3) is 2.25. The summed E-state index contributed by atoms with van der Waals surface area (Å²) in [5, 5.41) is 6.10. The van der Waals surface area contributed by atoms with Crippen molar-refractivity contribution in [2.75, 3.05) is 5.32 Å². The fraction of sp³-hybridized carbons (Fsp3) is 0.182. The van der Waals surface area contributed by atoms with E-state index in [2.05, 4.69) is 15.5 Å². The first-order chi connectivity index (χ1) is 7.65. The molecule has 1 heterocycles. The van der Waals surface area contributed by atoms with Gasteiger partial charge in [0.15, 0.2) is 0 Å². The Kier molecular flexibility index (Phi) is 2.68. The number of hydrogen-bond acceptors (Lipinski definition) is 4. The van der Waals surface area contributed by atoms with E-state index in [0.717, 1.165) is 11.1 Å². The van der Waals surface area contributed by atoms with Crippen LogP contribution in [0.2, 0.25) is 0 Å². The number of benzene rings is 1. The maximum absolute atomic E-state index is 10.8. The summed E-state index contributed by atoms with van der Waals surface area (Å²) < 4.78 is 5.03. The fourth-order valence-electron chi connectivity index (χ4n) is 1.33. The highest BCUT2D eigenvalue weighted by atomic mass is 16.5. The zero-order chi connectivity index (χ0) is 11.5. The molecule has 5 nitrogen and oxygen atoms in total. The summed E-state index contributed by atoms with van der Waals surface area (Å²) in [4.78, 5) is 14.8. The Labute approximate surface area is 92.5 Å². The van der Waals surface area contributed by atoms with Crippen molar-refractivity contribution in [3.05, 3.63) is 29.8 Å². The summed E-state index contributed by atoms with van der Waals surface area (Å²) in [6.45, 7) is 3.37. The van der Waals surface area contributed by atoms with Crippen LogP contribution in [-0.2, 0) is 4.79 Å². The van der Waals surface area contributed by atoms with Gasteiger partial charge in [-0.15, -0.1) is 0 Å². The second-order valence-electron chi connectivity index (χ2n) is 3.47. The van der Waals surface area contributed by atoms with Gasteiger partial charge in [0.1, 0.15) is 0 Å². The Bertz CT molecular complexity index is 519. The highest BCUT2D eigenvalue weighted by molar-refractivity contribution is 5.86. The molecule has 0 atom stereocenters. The number of nitrogens with one attached hydrogen (secondary N) is 1. The van der Waals surface area contributed by atoms with Gasteiger partial charge in [0.25, 0.3) is 11.8 Å². The van der Waals surface area contributed by atoms with Crippen molar-refractivity contribution < 1.29 is 9.32 Å². The molecule has 1 aromatic heterocycles. The minimum Gasteiger partial charge on any atom is -0.332 e. The Morgan fingerprint density at radius 2 is 2.25 bits per heavy atom. The molecule has 0 saturated carbocycles. The summed E-state index contributed by atoms with van der Waals surface area (Å²) in [5.74, 6) is 0.355. The van der Waals surface area contributed by atoms with Crippen LogP contribution >= 0.6 is 0 Å². The molecular weight excluding hydrogens is 206 g/mol. The second kappa shape index (κ2) is 4.14. The first-order valence-corrected chi connectivity index (χ1v) is 4.83. The summed E-state index contributed by atoms with van der Waals surface area (Å²) in [7, 11) is 0. The normalized spacial score (nSPS) is 10.1. The standard InChI is InChI=1S/C11H11N3O2/c1-7-4-3-5-9(6-7)10-13-11(14-16-10)12-8(2)15/h3-6H,1-2H3,(H,12,14,15). The van der Waals surface area contributed by atoms with E-state index < -0.39 is 0 Å². The van der Waals surface area contributed by atoms with Gasteiger partial charge in [0, 0.05) is 12.5 Å². The zero-order valence-electron chi connectivity index (χ0n) is 9.02. The molecule has 0 bridgehead atoms. The van der Waals surface area contributed by atoms with E-state index in [1.807, 2.05) is 31.2 Å². The van der Waals surface area contributed by atoms with Crippen LogP contribution in [0, 0.1) is 6.92 Å². The molecule has 16 heavy (non-hydrogen) atoms. The zero-order valence-corrected chi connectivity index (χ0v) is 9.02. The molecule has 0 unspecified atom stereocenters. The van der Waals surface area contributed by atoms with Gasteiger partial charge in [0.2, 0.25) is 5.91 Å². The van der Waals surface area contributed by atoms with Gasteiger partial charge >= 0.3 is 0 Å². The van der Waals surface area contributed by atoms with Crippen molar-refractivity contribution in [1.82, 2.24) is 10.1 Å². The second-order valence-corrected chi connectivity index (χ2v) is 3.47. The highest BCUT2D eigenvalue weighted by Gasteiger charge is 2.09. The van der Waals surface area contributed by atoms with Crippen LogP contribution in [0.25, 0.3) is 11.5 Å². The van der Waals surface area contributed by atoms with Crippen molar-refractivity contribution in [3.63, 3.8) is 0 Å². The quantitative estimate of drug-likeness (QED) is 0.835. The molecule has 0 aliphatic rings. The predicted octanol–water partition coefficient (Wildman–Crippen LogP) is 2.00. The van der Waals surface area contributed by atoms with Crippen LogP contribution in [0.3, 0.4) is 0 Å². The van der Waals surface area contributed by atoms with Gasteiger partial charge < -0.3 is 4.52 Å². The monoisotopic (exact) mass is 217 g/mol. The van der Waals surface area contributed by atoms with Gasteiger partial charge in [-0.05, 0) is 24.2 Å². The molecule has 82 valence electrons. The summed E-state index contributed by atoms with van der Waals surface area (Å²) in [6.07, 6.45) is 0. The van der Waals surface area contributed by atoms with E-state index in [9.17, 15) is 4.79 Å². The Morgan fingerprint density at radius 3 is 2.94 bits per heavy atom. The third-order valence-electron chi connectivity index (χ3n) is 1.98. The number of aromatic nitrogens is 2. The highest BCUT2D eigenvalue weighted by Crippen LogP contribution is 2.19. The van der Waals surface area contributed by atoms with Gasteiger partial charge in [-0.3, -0.25) is 10.1 Å². The first-order valence-electron chi connectivity index (χ1n) is 4.83. The van der Waals surface area contributed by atoms with Crippen molar-refractivity contribution in [2.45, 2.75) is 13.8 Å². The maximum atomic E-state index is 10.8. The van der Waals surface area contributed by atoms with Crippen molar-refractivity contribution in [3.8, 4) is 11.5 Å². The summed E-state index contributed by atoms with van der Waals surface area (Å²) in [5.41, 5.74) is 1.95. The van der Waals surface area contributed by atoms with Crippen LogP contribution in [0.15, 0.2) is 28.8 Å². The number of carbonyl (C=O) groups excluding carboxylic acids is 1. The van der Waals surface area contributed by atoms with Crippen LogP contribution in [0.4, 0.5) is 5.95 Å². The molecule has 0 fully saturated rings. The predicted molar refractivity (Wildman–Crippen MR) is 58.8 cm³/mol. The number of carbonyl (C=O) groups is 1. The molecule has 0 radical (unpaired) electrons. The van der Waals surface area contributed by atoms with Gasteiger partial charge in [-0.1, -0.05) is 17.7 Å². The average molecular weight is 217 g/mol. The fourth-order valence-corrected chi connectivity index (χ4v) is 1.33. The van der Waals surface area contributed by atoms with Crippen LogP contribution in [0.5, 0.6) is 0 Å². The molecule has 0 saturated heterocycles. The van der Waals surface area contributed by atoms with E-state index in [0.29, 0.717) is 5.89 Å². The summed E-state index contributed by atoms with van der Waals surface area (Å²) >= 11 is 0. The molecule has 1 amide bonds. The van der Waals surface area contributed by atoms with E-state index >= 15 is 0 Å². The Morgan fingerprint density at radius 1 is 1.44 bits per heavy atom.